The number of amides is 2. The normalized spacial score (nSPS) is 24.8. The minimum atomic E-state index is -2.05. The molecule has 2 heterocycles. The van der Waals surface area contributed by atoms with Crippen LogP contribution in [0.2, 0.25) is 0 Å². The lowest BCUT2D eigenvalue weighted by atomic mass is 9.77. The second kappa shape index (κ2) is 7.41. The average molecular weight is 563 g/mol. The number of rotatable bonds is 2. The quantitative estimate of drug-likeness (QED) is 0.264. The van der Waals surface area contributed by atoms with Crippen molar-refractivity contribution in [3.63, 3.8) is 0 Å². The number of nitrogens with zero attached hydrogens (tertiary/aromatic N) is 1. The Kier molecular flexibility index (Phi) is 4.66. The molecule has 1 spiro atoms. The predicted octanol–water partition coefficient (Wildman–Crippen LogP) is 4.29. The number of carbonyl (C=O) groups excluding carboxylic acids is 4. The van der Waals surface area contributed by atoms with Gasteiger partial charge in [0.1, 0.15) is 0 Å². The molecule has 3 aliphatic rings. The highest BCUT2D eigenvalue weighted by Crippen LogP contribution is 2.57. The smallest absolute Gasteiger partial charge is 0.241 e. The Labute approximate surface area is 209 Å². The molecular formula is C27H18INO5. The van der Waals surface area contributed by atoms with Crippen molar-refractivity contribution in [3.8, 4) is 0 Å². The molecular weight excluding hydrogens is 545 g/mol. The molecule has 2 fully saturated rings. The van der Waals surface area contributed by atoms with Gasteiger partial charge in [-0.15, -0.1) is 0 Å². The molecule has 0 aromatic heterocycles. The van der Waals surface area contributed by atoms with Crippen LogP contribution in [0, 0.1) is 22.3 Å². The summed E-state index contributed by atoms with van der Waals surface area (Å²) in [6, 6.07) is 20.9. The zero-order valence-corrected chi connectivity index (χ0v) is 20.2. The van der Waals surface area contributed by atoms with E-state index in [4.69, 9.17) is 4.74 Å². The molecule has 0 N–H and O–H groups in total. The fourth-order valence-electron chi connectivity index (χ4n) is 5.42. The van der Waals surface area contributed by atoms with Crippen LogP contribution in [0.5, 0.6) is 0 Å². The van der Waals surface area contributed by atoms with E-state index in [0.29, 0.717) is 11.3 Å². The number of imide groups is 1. The highest BCUT2D eigenvalue weighted by Gasteiger charge is 2.74. The summed E-state index contributed by atoms with van der Waals surface area (Å²) in [7, 11) is 0. The third-order valence-electron chi connectivity index (χ3n) is 7.01. The van der Waals surface area contributed by atoms with Gasteiger partial charge < -0.3 is 4.74 Å². The van der Waals surface area contributed by atoms with Crippen molar-refractivity contribution < 1.29 is 23.9 Å². The number of ether oxygens (including phenoxy) is 1. The highest BCUT2D eigenvalue weighted by atomic mass is 127. The zero-order valence-electron chi connectivity index (χ0n) is 18.0. The molecule has 3 atom stereocenters. The van der Waals surface area contributed by atoms with Gasteiger partial charge in [-0.1, -0.05) is 54.1 Å². The molecule has 168 valence electrons. The fourth-order valence-corrected chi connectivity index (χ4v) is 5.78. The third kappa shape index (κ3) is 2.71. The first-order valence-electron chi connectivity index (χ1n) is 10.9. The maximum absolute atomic E-state index is 13.8. The molecule has 2 aliphatic heterocycles. The van der Waals surface area contributed by atoms with Gasteiger partial charge in [0.05, 0.1) is 23.6 Å². The van der Waals surface area contributed by atoms with Crippen LogP contribution in [0.1, 0.15) is 37.9 Å². The fraction of sp³-hybridized carbons (Fsp3) is 0.185. The van der Waals surface area contributed by atoms with Crippen LogP contribution in [0.15, 0.2) is 72.8 Å². The highest BCUT2D eigenvalue weighted by molar-refractivity contribution is 14.1. The van der Waals surface area contributed by atoms with E-state index < -0.39 is 46.9 Å². The molecule has 3 aromatic rings. The number of carbonyl (C=O) groups is 4. The van der Waals surface area contributed by atoms with E-state index in [0.717, 1.165) is 14.0 Å². The third-order valence-corrected chi connectivity index (χ3v) is 7.73. The van der Waals surface area contributed by atoms with Crippen LogP contribution >= 0.6 is 22.6 Å². The average Bonchev–Trinajstić information content (AvgIpc) is 3.40. The summed E-state index contributed by atoms with van der Waals surface area (Å²) in [5, 5.41) is 0. The van der Waals surface area contributed by atoms with Crippen molar-refractivity contribution in [2.75, 3.05) is 4.90 Å². The maximum Gasteiger partial charge on any atom is 0.241 e. The van der Waals surface area contributed by atoms with Gasteiger partial charge in [-0.3, -0.25) is 19.2 Å². The molecule has 0 unspecified atom stereocenters. The molecule has 2 saturated heterocycles. The minimum Gasteiger partial charge on any atom is -0.349 e. The van der Waals surface area contributed by atoms with Gasteiger partial charge in [0.25, 0.3) is 0 Å². The minimum absolute atomic E-state index is 0.226. The van der Waals surface area contributed by atoms with Crippen molar-refractivity contribution in [1.82, 2.24) is 0 Å². The molecule has 6 rings (SSSR count). The molecule has 6 nitrogen and oxygen atoms in total. The number of fused-ring (bicyclic) bond motifs is 3. The van der Waals surface area contributed by atoms with Crippen molar-refractivity contribution in [3.05, 3.63) is 98.6 Å². The van der Waals surface area contributed by atoms with Gasteiger partial charge in [-0.05, 0) is 59.3 Å². The topological polar surface area (TPSA) is 80.8 Å². The van der Waals surface area contributed by atoms with E-state index in [9.17, 15) is 19.2 Å². The summed E-state index contributed by atoms with van der Waals surface area (Å²) in [4.78, 5) is 56.1. The standard InChI is InChI=1S/C27H18INO5/c1-14-6-8-15(9-7-14)22-20-21(26(33)29(25(20)32)17-12-10-16(28)11-13-17)27(34-22)23(30)18-4-2-3-5-19(18)24(27)31/h2-13,20-22H,1H3/t20-,21+,22+/m1/s1. The Bertz CT molecular complexity index is 1360. The van der Waals surface area contributed by atoms with Gasteiger partial charge in [0.2, 0.25) is 29.0 Å². The van der Waals surface area contributed by atoms with Crippen molar-refractivity contribution >= 4 is 51.7 Å². The Hall–Kier alpha value is -3.17. The zero-order chi connectivity index (χ0) is 23.8. The molecule has 0 bridgehead atoms. The maximum atomic E-state index is 13.8. The number of benzene rings is 3. The first-order valence-corrected chi connectivity index (χ1v) is 12.0. The van der Waals surface area contributed by atoms with Gasteiger partial charge in [0.15, 0.2) is 0 Å². The summed E-state index contributed by atoms with van der Waals surface area (Å²) in [6.45, 7) is 1.94. The number of hydrogen-bond donors (Lipinski definition) is 0. The predicted molar refractivity (Wildman–Crippen MR) is 131 cm³/mol. The van der Waals surface area contributed by atoms with Crippen LogP contribution in [0.4, 0.5) is 5.69 Å². The Morgan fingerprint density at radius 3 is 1.97 bits per heavy atom. The van der Waals surface area contributed by atoms with E-state index in [1.807, 2.05) is 31.2 Å². The first kappa shape index (κ1) is 21.4. The molecule has 3 aromatic carbocycles. The molecule has 7 heteroatoms. The first-order chi connectivity index (χ1) is 16.3. The van der Waals surface area contributed by atoms with Crippen molar-refractivity contribution in [1.29, 1.82) is 0 Å². The number of Topliss-reactive ketones (excluding diaryl/α,β-unsaturated/α-hetero) is 2. The van der Waals surface area contributed by atoms with Crippen LogP contribution in [0.3, 0.4) is 0 Å². The lowest BCUT2D eigenvalue weighted by Crippen LogP contribution is -2.51. The summed E-state index contributed by atoms with van der Waals surface area (Å²) < 4.78 is 7.24. The van der Waals surface area contributed by atoms with E-state index in [2.05, 4.69) is 22.6 Å². The molecule has 2 amide bonds. The summed E-state index contributed by atoms with van der Waals surface area (Å²) in [6.07, 6.45) is -0.905. The Morgan fingerprint density at radius 2 is 1.38 bits per heavy atom. The molecule has 0 radical (unpaired) electrons. The molecule has 0 saturated carbocycles. The molecule has 34 heavy (non-hydrogen) atoms. The van der Waals surface area contributed by atoms with E-state index in [1.165, 1.54) is 0 Å². The number of halogens is 1. The monoisotopic (exact) mass is 563 g/mol. The second-order valence-corrected chi connectivity index (χ2v) is 10.1. The van der Waals surface area contributed by atoms with Gasteiger partial charge in [-0.2, -0.15) is 0 Å². The number of aryl methyl sites for hydroxylation is 1. The SMILES string of the molecule is Cc1ccc([C@@H]2OC3(C(=O)c4ccccc4C3=O)[C@@H]3C(=O)N(c4ccc(I)cc4)C(=O)[C@H]32)cc1. The lowest BCUT2D eigenvalue weighted by molar-refractivity contribution is -0.127. The Morgan fingerprint density at radius 1 is 0.794 bits per heavy atom. The van der Waals surface area contributed by atoms with Crippen LogP contribution in [-0.2, 0) is 14.3 Å². The number of anilines is 1. The van der Waals surface area contributed by atoms with Crippen molar-refractivity contribution in [2.45, 2.75) is 18.6 Å². The van der Waals surface area contributed by atoms with Crippen LogP contribution in [-0.4, -0.2) is 29.0 Å². The van der Waals surface area contributed by atoms with E-state index in [-0.39, 0.29) is 11.1 Å². The Balaban J connectivity index is 1.54. The largest absolute Gasteiger partial charge is 0.349 e. The summed E-state index contributed by atoms with van der Waals surface area (Å²) >= 11 is 2.14. The second-order valence-electron chi connectivity index (χ2n) is 8.88. The number of ketones is 2. The van der Waals surface area contributed by atoms with Crippen molar-refractivity contribution in [2.24, 2.45) is 11.8 Å². The molecule has 1 aliphatic carbocycles. The van der Waals surface area contributed by atoms with Gasteiger partial charge >= 0.3 is 0 Å². The lowest BCUT2D eigenvalue weighted by Gasteiger charge is -2.27. The summed E-state index contributed by atoms with van der Waals surface area (Å²) in [5.74, 6) is -4.38. The van der Waals surface area contributed by atoms with Crippen LogP contribution in [0.25, 0.3) is 0 Å². The number of hydrogen-bond acceptors (Lipinski definition) is 5. The van der Waals surface area contributed by atoms with E-state index in [1.54, 1.807) is 48.5 Å². The van der Waals surface area contributed by atoms with Gasteiger partial charge in [0, 0.05) is 14.7 Å². The van der Waals surface area contributed by atoms with E-state index >= 15 is 0 Å². The summed E-state index contributed by atoms with van der Waals surface area (Å²) in [5.41, 5.74) is 0.488. The van der Waals surface area contributed by atoms with Gasteiger partial charge in [-0.25, -0.2) is 4.90 Å². The van der Waals surface area contributed by atoms with Crippen LogP contribution < -0.4 is 4.90 Å².